The number of ketones is 1. The smallest absolute Gasteiger partial charge is 0.344 e. The number of thiol groups is 1. The lowest BCUT2D eigenvalue weighted by atomic mass is 9.51. The summed E-state index contributed by atoms with van der Waals surface area (Å²) in [6.45, 7) is 2.16. The highest BCUT2D eigenvalue weighted by Crippen LogP contribution is 2.63. The average molecular weight is 515 g/mol. The van der Waals surface area contributed by atoms with Crippen LogP contribution in [-0.2, 0) is 14.3 Å². The van der Waals surface area contributed by atoms with Crippen molar-refractivity contribution in [2.45, 2.75) is 75.7 Å². The molecule has 6 atom stereocenters. The fraction of sp³-hybridized carbons (Fsp3) is 0.586. The molecular weight excluding hydrogens is 480 g/mol. The molecule has 0 heterocycles. The van der Waals surface area contributed by atoms with Gasteiger partial charge in [0.25, 0.3) is 0 Å². The van der Waals surface area contributed by atoms with Crippen molar-refractivity contribution in [1.82, 2.24) is 0 Å². The lowest BCUT2D eigenvalue weighted by Crippen LogP contribution is -2.49. The minimum atomic E-state index is -0.304. The van der Waals surface area contributed by atoms with E-state index in [2.05, 4.69) is 32.4 Å². The van der Waals surface area contributed by atoms with E-state index in [-0.39, 0.29) is 24.1 Å². The van der Waals surface area contributed by atoms with Crippen LogP contribution in [0.15, 0.2) is 34.7 Å². The molecule has 0 radical (unpaired) electrons. The second-order valence-corrected chi connectivity index (χ2v) is 11.3. The van der Waals surface area contributed by atoms with Crippen LogP contribution in [0, 0.1) is 41.9 Å². The molecule has 5 rings (SSSR count). The molecule has 0 N–H and O–H groups in total. The van der Waals surface area contributed by atoms with E-state index in [1.54, 1.807) is 18.2 Å². The van der Waals surface area contributed by atoms with Gasteiger partial charge in [0, 0.05) is 16.7 Å². The van der Waals surface area contributed by atoms with Crippen molar-refractivity contribution in [3.8, 4) is 18.6 Å². The minimum Gasteiger partial charge on any atom is -0.482 e. The number of carbonyl (C=O) groups is 2. The van der Waals surface area contributed by atoms with E-state index < -0.39 is 0 Å². The molecule has 6 heteroatoms. The van der Waals surface area contributed by atoms with Gasteiger partial charge in [0.15, 0.2) is 12.4 Å². The monoisotopic (exact) mass is 514 g/mol. The van der Waals surface area contributed by atoms with Gasteiger partial charge in [-0.15, -0.1) is 25.5 Å². The molecule has 0 bridgehead atoms. The normalized spacial score (nSPS) is 33.2. The number of carbonyl (C=O) groups excluding carboxylic acids is 2. The number of fused-ring (bicyclic) bond motifs is 5. The van der Waals surface area contributed by atoms with Crippen LogP contribution >= 0.6 is 24.2 Å². The van der Waals surface area contributed by atoms with Crippen molar-refractivity contribution >= 4 is 36.0 Å². The second-order valence-electron chi connectivity index (χ2n) is 10.4. The third-order valence-corrected chi connectivity index (χ3v) is 9.98. The number of terminal acetylenes is 1. The Morgan fingerprint density at radius 3 is 2.69 bits per heavy atom. The Balaban J connectivity index is 0.00000141. The van der Waals surface area contributed by atoms with Gasteiger partial charge >= 0.3 is 5.97 Å². The van der Waals surface area contributed by atoms with Gasteiger partial charge in [-0.2, -0.15) is 0 Å². The van der Waals surface area contributed by atoms with E-state index in [9.17, 15) is 9.59 Å². The van der Waals surface area contributed by atoms with Gasteiger partial charge < -0.3 is 9.47 Å². The van der Waals surface area contributed by atoms with Crippen LogP contribution in [0.5, 0.6) is 5.75 Å². The maximum Gasteiger partial charge on any atom is 0.344 e. The lowest BCUT2D eigenvalue weighted by molar-refractivity contribution is -0.163. The number of hydrogen-bond acceptors (Lipinski definition) is 5. The highest BCUT2D eigenvalue weighted by Gasteiger charge is 2.58. The summed E-state index contributed by atoms with van der Waals surface area (Å²) in [5.74, 6) is 3.15. The summed E-state index contributed by atoms with van der Waals surface area (Å²) in [5, 5.41) is 0.498. The molecule has 6 unspecified atom stereocenters. The number of hydrogen-bond donors (Lipinski definition) is 1. The SMILES string of the molecule is C#C.CCC12CCC3C4CCC(=O)C=C4CCC3C1CCC2OC(=O)COc1ccc(S)c(Cl)c1. The summed E-state index contributed by atoms with van der Waals surface area (Å²) in [6.07, 6.45) is 19.4. The van der Waals surface area contributed by atoms with Crippen LogP contribution < -0.4 is 4.74 Å². The van der Waals surface area contributed by atoms with Gasteiger partial charge in [0.2, 0.25) is 0 Å². The Bertz CT molecular complexity index is 1020. The van der Waals surface area contributed by atoms with Gasteiger partial charge in [-0.05, 0) is 99.3 Å². The molecule has 0 aromatic heterocycles. The van der Waals surface area contributed by atoms with E-state index in [0.717, 1.165) is 38.5 Å². The summed E-state index contributed by atoms with van der Waals surface area (Å²) in [7, 11) is 0. The van der Waals surface area contributed by atoms with Crippen molar-refractivity contribution in [2.24, 2.45) is 29.1 Å². The minimum absolute atomic E-state index is 0.0298. The quantitative estimate of drug-likeness (QED) is 0.270. The maximum atomic E-state index is 12.7. The summed E-state index contributed by atoms with van der Waals surface area (Å²) in [6, 6.07) is 5.18. The molecule has 0 amide bonds. The van der Waals surface area contributed by atoms with Gasteiger partial charge in [-0.25, -0.2) is 4.79 Å². The molecule has 3 fully saturated rings. The zero-order valence-electron chi connectivity index (χ0n) is 20.4. The van der Waals surface area contributed by atoms with Crippen molar-refractivity contribution in [3.05, 3.63) is 34.9 Å². The predicted octanol–water partition coefficient (Wildman–Crippen LogP) is 6.70. The number of esters is 1. The first-order valence-corrected chi connectivity index (χ1v) is 13.6. The standard InChI is InChI=1S/C27H33ClO4S.C2H2/c1-2-27-12-11-20-19-7-4-17(29)13-16(19)3-6-21(20)22(27)8-10-25(27)32-26(30)15-31-18-5-9-24(33)23(28)14-18;1-2/h5,9,13-14,19-22,25,33H,2-4,6-8,10-12,15H2,1H3;1-2H. The topological polar surface area (TPSA) is 52.6 Å². The molecule has 0 aliphatic heterocycles. The zero-order chi connectivity index (χ0) is 25.2. The number of halogens is 1. The maximum absolute atomic E-state index is 12.7. The van der Waals surface area contributed by atoms with Crippen LogP contribution in [-0.4, -0.2) is 24.5 Å². The Morgan fingerprint density at radius 2 is 1.94 bits per heavy atom. The first kappa shape index (κ1) is 26.2. The number of benzene rings is 1. The van der Waals surface area contributed by atoms with Crippen LogP contribution in [0.25, 0.3) is 0 Å². The lowest BCUT2D eigenvalue weighted by Gasteiger charge is -2.54. The molecule has 1 aromatic carbocycles. The molecule has 4 aliphatic carbocycles. The van der Waals surface area contributed by atoms with Crippen LogP contribution in [0.3, 0.4) is 0 Å². The summed E-state index contributed by atoms with van der Waals surface area (Å²) in [4.78, 5) is 25.3. The zero-order valence-corrected chi connectivity index (χ0v) is 22.0. The largest absolute Gasteiger partial charge is 0.482 e. The fourth-order valence-electron chi connectivity index (χ4n) is 7.70. The summed E-state index contributed by atoms with van der Waals surface area (Å²) in [5.41, 5.74) is 1.50. The van der Waals surface area contributed by atoms with E-state index >= 15 is 0 Å². The van der Waals surface area contributed by atoms with E-state index in [1.165, 1.54) is 18.4 Å². The second kappa shape index (κ2) is 11.0. The first-order chi connectivity index (χ1) is 16.9. The van der Waals surface area contributed by atoms with Gasteiger partial charge in [-0.1, -0.05) is 24.1 Å². The summed E-state index contributed by atoms with van der Waals surface area (Å²) >= 11 is 10.4. The van der Waals surface area contributed by atoms with E-state index in [4.69, 9.17) is 21.1 Å². The third-order valence-electron chi connectivity index (χ3n) is 9.14. The van der Waals surface area contributed by atoms with Crippen LogP contribution in [0.2, 0.25) is 5.02 Å². The van der Waals surface area contributed by atoms with Gasteiger partial charge in [0.05, 0.1) is 5.02 Å². The molecule has 35 heavy (non-hydrogen) atoms. The van der Waals surface area contributed by atoms with Gasteiger partial charge in [0.1, 0.15) is 11.9 Å². The molecular formula is C29H35ClO4S. The highest BCUT2D eigenvalue weighted by molar-refractivity contribution is 7.80. The van der Waals surface area contributed by atoms with Crippen LogP contribution in [0.4, 0.5) is 0 Å². The Morgan fingerprint density at radius 1 is 1.14 bits per heavy atom. The molecule has 0 spiro atoms. The van der Waals surface area contributed by atoms with E-state index in [1.807, 2.05) is 6.08 Å². The molecule has 0 saturated heterocycles. The average Bonchev–Trinajstić information content (AvgIpc) is 3.24. The molecule has 4 nitrogen and oxygen atoms in total. The summed E-state index contributed by atoms with van der Waals surface area (Å²) < 4.78 is 11.7. The number of rotatable bonds is 5. The van der Waals surface area contributed by atoms with Crippen LogP contribution in [0.1, 0.15) is 64.7 Å². The van der Waals surface area contributed by atoms with Crippen molar-refractivity contribution in [3.63, 3.8) is 0 Å². The molecule has 4 aliphatic rings. The number of allylic oxidation sites excluding steroid dienone is 1. The molecule has 188 valence electrons. The van der Waals surface area contributed by atoms with Gasteiger partial charge in [-0.3, -0.25) is 4.79 Å². The third kappa shape index (κ3) is 5.02. The predicted molar refractivity (Wildman–Crippen MR) is 141 cm³/mol. The molecule has 1 aromatic rings. The molecule has 3 saturated carbocycles. The van der Waals surface area contributed by atoms with Crippen molar-refractivity contribution in [1.29, 1.82) is 0 Å². The van der Waals surface area contributed by atoms with Crippen molar-refractivity contribution < 1.29 is 19.1 Å². The Hall–Kier alpha value is -1.90. The Labute approximate surface area is 219 Å². The van der Waals surface area contributed by atoms with Crippen molar-refractivity contribution in [2.75, 3.05) is 6.61 Å². The van der Waals surface area contributed by atoms with E-state index in [0.29, 0.717) is 51.5 Å². The Kier molecular flexibility index (Phi) is 8.23. The number of ether oxygens (including phenoxy) is 2. The fourth-order valence-corrected chi connectivity index (χ4v) is 8.01. The first-order valence-electron chi connectivity index (χ1n) is 12.8. The highest BCUT2D eigenvalue weighted by atomic mass is 35.5.